The number of hydrogen-bond donors (Lipinski definition) is 3. The fourth-order valence-corrected chi connectivity index (χ4v) is 3.98. The van der Waals surface area contributed by atoms with Crippen molar-refractivity contribution in [3.05, 3.63) is 65.1 Å². The Kier molecular flexibility index (Phi) is 9.85. The molecule has 0 spiro atoms. The number of aliphatic hydroxyl groups is 1. The number of fused-ring (bicyclic) bond motifs is 1. The number of rotatable bonds is 9. The van der Waals surface area contributed by atoms with Gasteiger partial charge in [0, 0.05) is 11.9 Å². The number of methoxy groups -OCH3 is 1. The van der Waals surface area contributed by atoms with Crippen LogP contribution in [-0.2, 0) is 11.2 Å². The Morgan fingerprint density at radius 2 is 1.94 bits per heavy atom. The number of carbonyl (C=O) groups excluding carboxylic acids is 1. The summed E-state index contributed by atoms with van der Waals surface area (Å²) in [7, 11) is 1.67. The largest absolute Gasteiger partial charge is 0.497 e. The predicted molar refractivity (Wildman–Crippen MR) is 130 cm³/mol. The van der Waals surface area contributed by atoms with Gasteiger partial charge in [-0.2, -0.15) is 0 Å². The van der Waals surface area contributed by atoms with Gasteiger partial charge in [0.25, 0.3) is 5.91 Å². The summed E-state index contributed by atoms with van der Waals surface area (Å²) in [5, 5.41) is 15.9. The smallest absolute Gasteiger partial charge is 0.269 e. The van der Waals surface area contributed by atoms with E-state index in [1.165, 1.54) is 11.1 Å². The summed E-state index contributed by atoms with van der Waals surface area (Å²) in [6.07, 6.45) is 8.56. The molecule has 1 aromatic rings. The van der Waals surface area contributed by atoms with Gasteiger partial charge in [0.15, 0.2) is 0 Å². The molecule has 3 N–H and O–H groups in total. The average molecular weight is 442 g/mol. The van der Waals surface area contributed by atoms with E-state index < -0.39 is 0 Å². The van der Waals surface area contributed by atoms with Crippen LogP contribution < -0.4 is 15.4 Å². The monoisotopic (exact) mass is 441 g/mol. The number of nitrogens with zero attached hydrogens (tertiary/aromatic N) is 1. The van der Waals surface area contributed by atoms with E-state index in [1.54, 1.807) is 7.11 Å². The molecule has 2 aliphatic rings. The lowest BCUT2D eigenvalue weighted by Crippen LogP contribution is -2.42. The Morgan fingerprint density at radius 3 is 2.50 bits per heavy atom. The van der Waals surface area contributed by atoms with Crippen molar-refractivity contribution in [2.45, 2.75) is 66.1 Å². The van der Waals surface area contributed by atoms with Crippen molar-refractivity contribution < 1.29 is 14.6 Å². The van der Waals surface area contributed by atoms with Crippen LogP contribution in [0.25, 0.3) is 0 Å². The zero-order valence-corrected chi connectivity index (χ0v) is 20.3. The van der Waals surface area contributed by atoms with E-state index in [0.717, 1.165) is 30.7 Å². The quantitative estimate of drug-likeness (QED) is 0.538. The highest BCUT2D eigenvalue weighted by atomic mass is 16.5. The molecule has 32 heavy (non-hydrogen) atoms. The van der Waals surface area contributed by atoms with Gasteiger partial charge in [-0.15, -0.1) is 0 Å². The van der Waals surface area contributed by atoms with Crippen molar-refractivity contribution in [2.75, 3.05) is 13.7 Å². The lowest BCUT2D eigenvalue weighted by atomic mass is 10.0. The molecule has 0 fully saturated rings. The van der Waals surface area contributed by atoms with Crippen LogP contribution in [0.5, 0.6) is 5.75 Å². The van der Waals surface area contributed by atoms with Crippen molar-refractivity contribution in [3.8, 4) is 5.75 Å². The summed E-state index contributed by atoms with van der Waals surface area (Å²) in [5.74, 6) is 1.09. The minimum absolute atomic E-state index is 0.0574. The third-order valence-electron chi connectivity index (χ3n) is 5.43. The third-order valence-corrected chi connectivity index (χ3v) is 5.43. The third kappa shape index (κ3) is 6.39. The fourth-order valence-electron chi connectivity index (χ4n) is 3.98. The van der Waals surface area contributed by atoms with Gasteiger partial charge in [0.05, 0.1) is 19.8 Å². The number of nitrogens with one attached hydrogen (secondary N) is 2. The number of allylic oxidation sites excluding steroid dienone is 3. The van der Waals surface area contributed by atoms with E-state index in [1.807, 2.05) is 26.0 Å². The second-order valence-electron chi connectivity index (χ2n) is 8.24. The first-order chi connectivity index (χ1) is 15.4. The maximum atomic E-state index is 12.9. The molecule has 1 amide bonds. The van der Waals surface area contributed by atoms with Gasteiger partial charge in [-0.3, -0.25) is 4.79 Å². The number of aliphatic hydroxyl groups excluding tert-OH is 1. The van der Waals surface area contributed by atoms with Crippen LogP contribution >= 0.6 is 0 Å². The lowest BCUT2D eigenvalue weighted by molar-refractivity contribution is -0.119. The van der Waals surface area contributed by atoms with Crippen molar-refractivity contribution in [1.29, 1.82) is 0 Å². The molecule has 2 unspecified atom stereocenters. The van der Waals surface area contributed by atoms with Gasteiger partial charge < -0.3 is 25.4 Å². The Labute approximate surface area is 193 Å². The Hall–Kier alpha value is -2.73. The highest BCUT2D eigenvalue weighted by Crippen LogP contribution is 2.29. The summed E-state index contributed by atoms with van der Waals surface area (Å²) in [6.45, 7) is 10.2. The van der Waals surface area contributed by atoms with E-state index in [4.69, 9.17) is 4.74 Å². The Morgan fingerprint density at radius 1 is 1.25 bits per heavy atom. The molecule has 0 saturated heterocycles. The number of carbonyl (C=O) groups is 1. The number of ether oxygens (including phenoxy) is 1. The molecule has 0 aliphatic carbocycles. The van der Waals surface area contributed by atoms with Crippen LogP contribution in [0.4, 0.5) is 0 Å². The van der Waals surface area contributed by atoms with E-state index in [-0.39, 0.29) is 24.7 Å². The zero-order valence-electron chi connectivity index (χ0n) is 20.3. The normalized spacial score (nSPS) is 17.8. The molecular weight excluding hydrogens is 402 g/mol. The fraction of sp³-hybridized carbons (Fsp3) is 0.500. The van der Waals surface area contributed by atoms with Gasteiger partial charge in [-0.25, -0.2) is 0 Å². The Bertz CT molecular complexity index is 840. The maximum absolute atomic E-state index is 12.9. The van der Waals surface area contributed by atoms with Gasteiger partial charge in [0.1, 0.15) is 17.6 Å². The maximum Gasteiger partial charge on any atom is 0.269 e. The summed E-state index contributed by atoms with van der Waals surface area (Å²) in [4.78, 5) is 15.1. The molecule has 3 rings (SSSR count). The van der Waals surface area contributed by atoms with E-state index in [0.29, 0.717) is 11.6 Å². The summed E-state index contributed by atoms with van der Waals surface area (Å²) >= 11 is 0. The summed E-state index contributed by atoms with van der Waals surface area (Å²) < 4.78 is 5.23. The zero-order chi connectivity index (χ0) is 23.7. The van der Waals surface area contributed by atoms with Crippen LogP contribution in [0.2, 0.25) is 0 Å². The van der Waals surface area contributed by atoms with Crippen molar-refractivity contribution in [2.24, 2.45) is 5.92 Å². The van der Waals surface area contributed by atoms with Gasteiger partial charge in [0.2, 0.25) is 0 Å². The molecule has 2 heterocycles. The molecule has 2 atom stereocenters. The summed E-state index contributed by atoms with van der Waals surface area (Å²) in [5.41, 5.74) is 3.95. The van der Waals surface area contributed by atoms with E-state index in [2.05, 4.69) is 66.8 Å². The molecule has 0 radical (unpaired) electrons. The SMILES string of the molecule is CC.CCC1=C(C(=O)NC(CO)CC(C)C)NC2C=CC(Cc3ccc(OC)cc3)=CN12. The Balaban J connectivity index is 0.00000176. The number of amides is 1. The molecular formula is C26H39N3O3. The van der Waals surface area contributed by atoms with E-state index >= 15 is 0 Å². The molecule has 1 aromatic carbocycles. The van der Waals surface area contributed by atoms with Gasteiger partial charge in [-0.1, -0.05) is 52.8 Å². The highest BCUT2D eigenvalue weighted by molar-refractivity contribution is 5.94. The second kappa shape index (κ2) is 12.3. The van der Waals surface area contributed by atoms with Crippen molar-refractivity contribution >= 4 is 5.91 Å². The molecule has 2 aliphatic heterocycles. The molecule has 0 bridgehead atoms. The number of benzene rings is 1. The summed E-state index contributed by atoms with van der Waals surface area (Å²) in [6, 6.07) is 7.84. The van der Waals surface area contributed by atoms with Gasteiger partial charge >= 0.3 is 0 Å². The standard InChI is InChI=1S/C24H33N3O3.C2H6/c1-5-21-23(24(29)25-19(15-28)12-16(2)3)26-22-11-8-18(14-27(21)22)13-17-6-9-20(30-4)10-7-17;1-2/h6-11,14,16,19,22,26,28H,5,12-13,15H2,1-4H3,(H,25,29);1-2H3. The van der Waals surface area contributed by atoms with E-state index in [9.17, 15) is 9.90 Å². The molecule has 0 saturated carbocycles. The molecule has 176 valence electrons. The number of hydrogen-bond acceptors (Lipinski definition) is 5. The second-order valence-corrected chi connectivity index (χ2v) is 8.24. The van der Waals surface area contributed by atoms with Crippen LogP contribution in [0.3, 0.4) is 0 Å². The van der Waals surface area contributed by atoms with Gasteiger partial charge in [-0.05, 0) is 54.5 Å². The van der Waals surface area contributed by atoms with Crippen LogP contribution in [0.15, 0.2) is 59.6 Å². The molecule has 0 aromatic heterocycles. The highest BCUT2D eigenvalue weighted by Gasteiger charge is 2.33. The lowest BCUT2D eigenvalue weighted by Gasteiger charge is -2.27. The minimum Gasteiger partial charge on any atom is -0.497 e. The predicted octanol–water partition coefficient (Wildman–Crippen LogP) is 4.09. The van der Waals surface area contributed by atoms with Crippen LogP contribution in [0, 0.1) is 5.92 Å². The van der Waals surface area contributed by atoms with Crippen molar-refractivity contribution in [1.82, 2.24) is 15.5 Å². The molecule has 6 nitrogen and oxygen atoms in total. The topological polar surface area (TPSA) is 73.8 Å². The van der Waals surface area contributed by atoms with Crippen LogP contribution in [-0.4, -0.2) is 41.8 Å². The van der Waals surface area contributed by atoms with Crippen LogP contribution in [0.1, 0.15) is 53.0 Å². The first-order valence-electron chi connectivity index (χ1n) is 11.7. The first-order valence-corrected chi connectivity index (χ1v) is 11.7. The van der Waals surface area contributed by atoms with Crippen molar-refractivity contribution in [3.63, 3.8) is 0 Å². The average Bonchev–Trinajstić information content (AvgIpc) is 3.18. The molecule has 6 heteroatoms. The first kappa shape index (κ1) is 25.5. The minimum atomic E-state index is -0.237.